The standard InChI is InChI=1S/C17H17BrN2O4/c1-2-23-14-8-6-12(7-9-14)17(22)20-19-16(21)11-24-15-5-3-4-13(18)10-15/h3-10H,2,11H2,1H3,(H,19,21)(H,20,22). The number of ether oxygens (including phenoxy) is 2. The fraction of sp³-hybridized carbons (Fsp3) is 0.176. The van der Waals surface area contributed by atoms with Gasteiger partial charge in [-0.05, 0) is 49.4 Å². The minimum atomic E-state index is -0.464. The molecule has 0 saturated heterocycles. The minimum Gasteiger partial charge on any atom is -0.494 e. The summed E-state index contributed by atoms with van der Waals surface area (Å²) in [4.78, 5) is 23.6. The Morgan fingerprint density at radius 1 is 1.00 bits per heavy atom. The third-order valence-corrected chi connectivity index (χ3v) is 3.40. The molecule has 0 fully saturated rings. The highest BCUT2D eigenvalue weighted by Gasteiger charge is 2.08. The van der Waals surface area contributed by atoms with Gasteiger partial charge in [-0.1, -0.05) is 22.0 Å². The molecule has 2 aromatic carbocycles. The van der Waals surface area contributed by atoms with E-state index in [1.807, 2.05) is 13.0 Å². The molecule has 0 atom stereocenters. The lowest BCUT2D eigenvalue weighted by Gasteiger charge is -2.09. The van der Waals surface area contributed by atoms with E-state index in [-0.39, 0.29) is 6.61 Å². The molecular weight excluding hydrogens is 376 g/mol. The summed E-state index contributed by atoms with van der Waals surface area (Å²) in [5.41, 5.74) is 5.04. The van der Waals surface area contributed by atoms with E-state index < -0.39 is 11.8 Å². The van der Waals surface area contributed by atoms with Crippen molar-refractivity contribution in [3.05, 3.63) is 58.6 Å². The second kappa shape index (κ2) is 8.93. The Labute approximate surface area is 148 Å². The van der Waals surface area contributed by atoms with Crippen molar-refractivity contribution >= 4 is 27.7 Å². The van der Waals surface area contributed by atoms with E-state index in [2.05, 4.69) is 26.8 Å². The van der Waals surface area contributed by atoms with Crippen LogP contribution in [0.15, 0.2) is 53.0 Å². The number of hydrazine groups is 1. The van der Waals surface area contributed by atoms with Crippen LogP contribution in [0.4, 0.5) is 0 Å². The first-order valence-electron chi connectivity index (χ1n) is 7.29. The fourth-order valence-corrected chi connectivity index (χ4v) is 2.19. The zero-order chi connectivity index (χ0) is 17.4. The number of hydrogen-bond donors (Lipinski definition) is 2. The van der Waals surface area contributed by atoms with Crippen LogP contribution in [-0.2, 0) is 4.79 Å². The highest BCUT2D eigenvalue weighted by atomic mass is 79.9. The lowest BCUT2D eigenvalue weighted by atomic mass is 10.2. The molecule has 0 spiro atoms. The van der Waals surface area contributed by atoms with Crippen molar-refractivity contribution in [3.8, 4) is 11.5 Å². The number of rotatable bonds is 6. The van der Waals surface area contributed by atoms with Gasteiger partial charge in [-0.15, -0.1) is 0 Å². The Kier molecular flexibility index (Phi) is 6.62. The second-order valence-corrected chi connectivity index (χ2v) is 5.62. The Bertz CT molecular complexity index is 704. The molecule has 2 N–H and O–H groups in total. The van der Waals surface area contributed by atoms with Crippen molar-refractivity contribution in [1.29, 1.82) is 0 Å². The summed E-state index contributed by atoms with van der Waals surface area (Å²) in [6.07, 6.45) is 0. The minimum absolute atomic E-state index is 0.208. The van der Waals surface area contributed by atoms with Gasteiger partial charge in [-0.25, -0.2) is 0 Å². The van der Waals surface area contributed by atoms with Crippen LogP contribution >= 0.6 is 15.9 Å². The Hall–Kier alpha value is -2.54. The number of nitrogens with one attached hydrogen (secondary N) is 2. The Balaban J connectivity index is 1.77. The van der Waals surface area contributed by atoms with Crippen LogP contribution in [0.5, 0.6) is 11.5 Å². The summed E-state index contributed by atoms with van der Waals surface area (Å²) in [6.45, 7) is 2.23. The maximum atomic E-state index is 11.9. The normalized spacial score (nSPS) is 9.92. The summed E-state index contributed by atoms with van der Waals surface area (Å²) < 4.78 is 11.5. The van der Waals surface area contributed by atoms with E-state index in [9.17, 15) is 9.59 Å². The molecule has 2 amide bonds. The zero-order valence-electron chi connectivity index (χ0n) is 13.0. The Morgan fingerprint density at radius 3 is 2.42 bits per heavy atom. The van der Waals surface area contributed by atoms with Gasteiger partial charge in [-0.3, -0.25) is 20.4 Å². The van der Waals surface area contributed by atoms with E-state index in [0.29, 0.717) is 23.7 Å². The molecule has 2 aromatic rings. The number of halogens is 1. The van der Waals surface area contributed by atoms with Crippen molar-refractivity contribution in [1.82, 2.24) is 10.9 Å². The molecule has 0 heterocycles. The van der Waals surface area contributed by atoms with Crippen molar-refractivity contribution in [3.63, 3.8) is 0 Å². The van der Waals surface area contributed by atoms with Gasteiger partial charge in [0.15, 0.2) is 6.61 Å². The van der Waals surface area contributed by atoms with E-state index in [1.165, 1.54) is 0 Å². The monoisotopic (exact) mass is 392 g/mol. The molecule has 0 aromatic heterocycles. The molecule has 0 aliphatic carbocycles. The zero-order valence-corrected chi connectivity index (χ0v) is 14.6. The third-order valence-electron chi connectivity index (χ3n) is 2.91. The lowest BCUT2D eigenvalue weighted by Crippen LogP contribution is -2.43. The van der Waals surface area contributed by atoms with Crippen LogP contribution in [0, 0.1) is 0 Å². The molecule has 24 heavy (non-hydrogen) atoms. The molecular formula is C17H17BrN2O4. The highest BCUT2D eigenvalue weighted by molar-refractivity contribution is 9.10. The van der Waals surface area contributed by atoms with Gasteiger partial charge < -0.3 is 9.47 Å². The highest BCUT2D eigenvalue weighted by Crippen LogP contribution is 2.17. The molecule has 0 radical (unpaired) electrons. The molecule has 0 aliphatic rings. The van der Waals surface area contributed by atoms with Crippen LogP contribution in [0.3, 0.4) is 0 Å². The van der Waals surface area contributed by atoms with Gasteiger partial charge >= 0.3 is 0 Å². The number of carbonyl (C=O) groups excluding carboxylic acids is 2. The number of hydrogen-bond acceptors (Lipinski definition) is 4. The van der Waals surface area contributed by atoms with Crippen LogP contribution in [0.2, 0.25) is 0 Å². The maximum absolute atomic E-state index is 11.9. The van der Waals surface area contributed by atoms with Crippen molar-refractivity contribution in [2.24, 2.45) is 0 Å². The predicted molar refractivity (Wildman–Crippen MR) is 92.9 cm³/mol. The van der Waals surface area contributed by atoms with Gasteiger partial charge in [-0.2, -0.15) is 0 Å². The van der Waals surface area contributed by atoms with E-state index >= 15 is 0 Å². The Morgan fingerprint density at radius 2 is 1.75 bits per heavy atom. The lowest BCUT2D eigenvalue weighted by molar-refractivity contribution is -0.123. The van der Waals surface area contributed by atoms with Crippen LogP contribution in [0.25, 0.3) is 0 Å². The first-order valence-corrected chi connectivity index (χ1v) is 8.08. The largest absolute Gasteiger partial charge is 0.494 e. The molecule has 0 saturated carbocycles. The molecule has 126 valence electrons. The average Bonchev–Trinajstić information content (AvgIpc) is 2.59. The molecule has 0 aliphatic heterocycles. The van der Waals surface area contributed by atoms with Crippen LogP contribution < -0.4 is 20.3 Å². The van der Waals surface area contributed by atoms with Crippen molar-refractivity contribution in [2.75, 3.05) is 13.2 Å². The quantitative estimate of drug-likeness (QED) is 0.740. The molecule has 6 nitrogen and oxygen atoms in total. The van der Waals surface area contributed by atoms with E-state index in [4.69, 9.17) is 9.47 Å². The van der Waals surface area contributed by atoms with Gasteiger partial charge in [0.2, 0.25) is 0 Å². The summed E-state index contributed by atoms with van der Waals surface area (Å²) in [7, 11) is 0. The number of carbonyl (C=O) groups is 2. The van der Waals surface area contributed by atoms with Gasteiger partial charge in [0, 0.05) is 10.0 Å². The first-order chi connectivity index (χ1) is 11.6. The summed E-state index contributed by atoms with van der Waals surface area (Å²) in [5.74, 6) is 0.348. The molecule has 0 unspecified atom stereocenters. The second-order valence-electron chi connectivity index (χ2n) is 4.71. The summed E-state index contributed by atoms with van der Waals surface area (Å²) in [5, 5.41) is 0. The van der Waals surface area contributed by atoms with E-state index in [1.54, 1.807) is 42.5 Å². The fourth-order valence-electron chi connectivity index (χ4n) is 1.81. The van der Waals surface area contributed by atoms with Crippen LogP contribution in [-0.4, -0.2) is 25.0 Å². The van der Waals surface area contributed by atoms with E-state index in [0.717, 1.165) is 4.47 Å². The van der Waals surface area contributed by atoms with Crippen molar-refractivity contribution in [2.45, 2.75) is 6.92 Å². The predicted octanol–water partition coefficient (Wildman–Crippen LogP) is 2.69. The number of benzene rings is 2. The molecule has 0 bridgehead atoms. The van der Waals surface area contributed by atoms with Crippen LogP contribution in [0.1, 0.15) is 17.3 Å². The SMILES string of the molecule is CCOc1ccc(C(=O)NNC(=O)COc2cccc(Br)c2)cc1. The smallest absolute Gasteiger partial charge is 0.276 e. The first kappa shape index (κ1) is 17.8. The molecule has 7 heteroatoms. The third kappa shape index (κ3) is 5.58. The van der Waals surface area contributed by atoms with Crippen molar-refractivity contribution < 1.29 is 19.1 Å². The average molecular weight is 393 g/mol. The maximum Gasteiger partial charge on any atom is 0.276 e. The topological polar surface area (TPSA) is 76.7 Å². The summed E-state index contributed by atoms with van der Waals surface area (Å²) in [6, 6.07) is 13.7. The van der Waals surface area contributed by atoms with Gasteiger partial charge in [0.25, 0.3) is 11.8 Å². The number of amides is 2. The van der Waals surface area contributed by atoms with Gasteiger partial charge in [0.1, 0.15) is 11.5 Å². The van der Waals surface area contributed by atoms with Gasteiger partial charge in [0.05, 0.1) is 6.61 Å². The summed E-state index contributed by atoms with van der Waals surface area (Å²) >= 11 is 3.31. The molecule has 2 rings (SSSR count).